The quantitative estimate of drug-likeness (QED) is 0.645. The normalized spacial score (nSPS) is 12.9. The topological polar surface area (TPSA) is 110 Å². The Balaban J connectivity index is 1.29. The molecule has 0 spiro atoms. The summed E-state index contributed by atoms with van der Waals surface area (Å²) >= 11 is 0. The van der Waals surface area contributed by atoms with Gasteiger partial charge in [-0.3, -0.25) is 19.3 Å². The van der Waals surface area contributed by atoms with Gasteiger partial charge in [0.15, 0.2) is 0 Å². The van der Waals surface area contributed by atoms with Gasteiger partial charge < -0.3 is 5.32 Å². The number of aryl methyl sites for hydroxylation is 1. The molecular weight excluding hydrogens is 372 g/mol. The number of tetrazole rings is 1. The van der Waals surface area contributed by atoms with Gasteiger partial charge in [-0.2, -0.15) is 0 Å². The molecule has 4 rings (SSSR count). The van der Waals surface area contributed by atoms with Gasteiger partial charge >= 0.3 is 0 Å². The summed E-state index contributed by atoms with van der Waals surface area (Å²) in [6, 6.07) is 12.3. The second-order valence-corrected chi connectivity index (χ2v) is 6.76. The molecule has 0 atom stereocenters. The SMILES string of the molecule is Cc1ccc2c(c1)C(=O)N(CCCC(=O)Nc1ccc(-n3cnnn3)cc1)C2=O. The number of carbonyl (C=O) groups is 3. The summed E-state index contributed by atoms with van der Waals surface area (Å²) in [5.74, 6) is -0.788. The fraction of sp³-hybridized carbons (Fsp3) is 0.200. The molecular formula is C20H18N6O3. The molecule has 9 heteroatoms. The zero-order valence-corrected chi connectivity index (χ0v) is 15.7. The Morgan fingerprint density at radius 3 is 2.52 bits per heavy atom. The van der Waals surface area contributed by atoms with Crippen molar-refractivity contribution in [2.24, 2.45) is 0 Å². The van der Waals surface area contributed by atoms with Gasteiger partial charge in [-0.05, 0) is 60.2 Å². The lowest BCUT2D eigenvalue weighted by molar-refractivity contribution is -0.116. The number of hydrogen-bond donors (Lipinski definition) is 1. The van der Waals surface area contributed by atoms with E-state index >= 15 is 0 Å². The van der Waals surface area contributed by atoms with E-state index < -0.39 is 0 Å². The lowest BCUT2D eigenvalue weighted by atomic mass is 10.1. The zero-order valence-electron chi connectivity index (χ0n) is 15.7. The molecule has 1 N–H and O–H groups in total. The number of fused-ring (bicyclic) bond motifs is 1. The minimum Gasteiger partial charge on any atom is -0.326 e. The van der Waals surface area contributed by atoms with E-state index in [2.05, 4.69) is 20.8 Å². The first-order valence-corrected chi connectivity index (χ1v) is 9.13. The molecule has 2 heterocycles. The first kappa shape index (κ1) is 18.5. The van der Waals surface area contributed by atoms with Crippen LogP contribution in [0.25, 0.3) is 5.69 Å². The van der Waals surface area contributed by atoms with Gasteiger partial charge in [-0.25, -0.2) is 4.68 Å². The van der Waals surface area contributed by atoms with Crippen LogP contribution in [0.1, 0.15) is 39.1 Å². The van der Waals surface area contributed by atoms with Crippen molar-refractivity contribution >= 4 is 23.4 Å². The summed E-state index contributed by atoms with van der Waals surface area (Å²) in [4.78, 5) is 38.2. The third-order valence-corrected chi connectivity index (χ3v) is 4.68. The number of nitrogens with zero attached hydrogens (tertiary/aromatic N) is 5. The molecule has 29 heavy (non-hydrogen) atoms. The zero-order chi connectivity index (χ0) is 20.4. The van der Waals surface area contributed by atoms with Crippen LogP contribution in [0.3, 0.4) is 0 Å². The van der Waals surface area contributed by atoms with E-state index in [-0.39, 0.29) is 30.7 Å². The number of imide groups is 1. The van der Waals surface area contributed by atoms with Crippen LogP contribution in [0.4, 0.5) is 5.69 Å². The number of carbonyl (C=O) groups excluding carboxylic acids is 3. The van der Waals surface area contributed by atoms with Crippen LogP contribution in [-0.4, -0.2) is 49.4 Å². The molecule has 146 valence electrons. The van der Waals surface area contributed by atoms with E-state index in [4.69, 9.17) is 0 Å². The van der Waals surface area contributed by atoms with E-state index in [9.17, 15) is 14.4 Å². The van der Waals surface area contributed by atoms with Crippen LogP contribution >= 0.6 is 0 Å². The fourth-order valence-electron chi connectivity index (χ4n) is 3.21. The van der Waals surface area contributed by atoms with Crippen molar-refractivity contribution in [2.45, 2.75) is 19.8 Å². The average molecular weight is 390 g/mol. The highest BCUT2D eigenvalue weighted by molar-refractivity contribution is 6.21. The molecule has 0 radical (unpaired) electrons. The predicted molar refractivity (Wildman–Crippen MR) is 104 cm³/mol. The summed E-state index contributed by atoms with van der Waals surface area (Å²) in [6.07, 6.45) is 2.06. The molecule has 1 aliphatic heterocycles. The van der Waals surface area contributed by atoms with Gasteiger partial charge in [0.05, 0.1) is 16.8 Å². The molecule has 0 saturated heterocycles. The Labute approximate surface area is 166 Å². The molecule has 0 aliphatic carbocycles. The van der Waals surface area contributed by atoms with Gasteiger partial charge in [-0.1, -0.05) is 11.6 Å². The van der Waals surface area contributed by atoms with E-state index in [0.29, 0.717) is 23.2 Å². The number of aromatic nitrogens is 4. The molecule has 3 amide bonds. The second-order valence-electron chi connectivity index (χ2n) is 6.76. The first-order valence-electron chi connectivity index (χ1n) is 9.13. The second kappa shape index (κ2) is 7.63. The molecule has 1 aromatic heterocycles. The minimum absolute atomic E-state index is 0.187. The smallest absolute Gasteiger partial charge is 0.261 e. The predicted octanol–water partition coefficient (Wildman–Crippen LogP) is 1.99. The van der Waals surface area contributed by atoms with Crippen molar-refractivity contribution in [1.82, 2.24) is 25.1 Å². The number of nitrogens with one attached hydrogen (secondary N) is 1. The van der Waals surface area contributed by atoms with Gasteiger partial charge in [0.2, 0.25) is 5.91 Å². The Morgan fingerprint density at radius 1 is 1.03 bits per heavy atom. The van der Waals surface area contributed by atoms with Crippen LogP contribution in [0.5, 0.6) is 0 Å². The number of amides is 3. The maximum Gasteiger partial charge on any atom is 0.261 e. The third kappa shape index (κ3) is 3.75. The molecule has 1 aliphatic rings. The molecule has 0 unspecified atom stereocenters. The highest BCUT2D eigenvalue weighted by Gasteiger charge is 2.34. The van der Waals surface area contributed by atoms with Crippen molar-refractivity contribution in [3.63, 3.8) is 0 Å². The molecule has 3 aromatic rings. The molecule has 0 saturated carbocycles. The maximum atomic E-state index is 12.4. The standard InChI is InChI=1S/C20H18N6O3/c1-13-4-9-16-17(11-13)20(29)25(19(16)28)10-2-3-18(27)22-14-5-7-15(8-6-14)26-12-21-23-24-26/h4-9,11-12H,2-3,10H2,1H3,(H,22,27). The first-order chi connectivity index (χ1) is 14.0. The van der Waals surface area contributed by atoms with Crippen LogP contribution < -0.4 is 5.32 Å². The van der Waals surface area contributed by atoms with Crippen molar-refractivity contribution in [2.75, 3.05) is 11.9 Å². The van der Waals surface area contributed by atoms with Gasteiger partial charge in [-0.15, -0.1) is 5.10 Å². The van der Waals surface area contributed by atoms with Crippen molar-refractivity contribution in [1.29, 1.82) is 0 Å². The molecule has 9 nitrogen and oxygen atoms in total. The van der Waals surface area contributed by atoms with Gasteiger partial charge in [0.25, 0.3) is 11.8 Å². The molecule has 0 fully saturated rings. The lowest BCUT2D eigenvalue weighted by Crippen LogP contribution is -2.31. The average Bonchev–Trinajstić information content (AvgIpc) is 3.32. The highest BCUT2D eigenvalue weighted by atomic mass is 16.2. The van der Waals surface area contributed by atoms with Crippen LogP contribution in [0, 0.1) is 6.92 Å². The van der Waals surface area contributed by atoms with Gasteiger partial charge in [0.1, 0.15) is 6.33 Å². The number of hydrogen-bond acceptors (Lipinski definition) is 6. The van der Waals surface area contributed by atoms with E-state index in [1.165, 1.54) is 15.9 Å². The lowest BCUT2D eigenvalue weighted by Gasteiger charge is -2.13. The minimum atomic E-state index is -0.302. The maximum absolute atomic E-state index is 12.4. The van der Waals surface area contributed by atoms with E-state index in [1.54, 1.807) is 36.4 Å². The highest BCUT2D eigenvalue weighted by Crippen LogP contribution is 2.24. The Morgan fingerprint density at radius 2 is 1.79 bits per heavy atom. The van der Waals surface area contributed by atoms with Crippen LogP contribution in [0.15, 0.2) is 48.8 Å². The monoisotopic (exact) mass is 390 g/mol. The summed E-state index contributed by atoms with van der Waals surface area (Å²) in [7, 11) is 0. The fourth-order valence-corrected chi connectivity index (χ4v) is 3.21. The van der Waals surface area contributed by atoms with Crippen LogP contribution in [0.2, 0.25) is 0 Å². The Hall–Kier alpha value is -3.88. The summed E-state index contributed by atoms with van der Waals surface area (Å²) in [6.45, 7) is 2.08. The molecule has 2 aromatic carbocycles. The summed E-state index contributed by atoms with van der Waals surface area (Å²) in [5, 5.41) is 13.7. The summed E-state index contributed by atoms with van der Waals surface area (Å²) in [5.41, 5.74) is 3.20. The van der Waals surface area contributed by atoms with Crippen LogP contribution in [-0.2, 0) is 4.79 Å². The molecule has 0 bridgehead atoms. The van der Waals surface area contributed by atoms with E-state index in [1.807, 2.05) is 13.0 Å². The Kier molecular flexibility index (Phi) is 4.86. The van der Waals surface area contributed by atoms with Crippen molar-refractivity contribution in [3.8, 4) is 5.69 Å². The van der Waals surface area contributed by atoms with Gasteiger partial charge in [0, 0.05) is 18.7 Å². The third-order valence-electron chi connectivity index (χ3n) is 4.68. The number of anilines is 1. The summed E-state index contributed by atoms with van der Waals surface area (Å²) < 4.78 is 1.51. The largest absolute Gasteiger partial charge is 0.326 e. The number of rotatable bonds is 6. The van der Waals surface area contributed by atoms with Crippen molar-refractivity contribution < 1.29 is 14.4 Å². The van der Waals surface area contributed by atoms with E-state index in [0.717, 1.165) is 11.3 Å². The number of benzene rings is 2. The Bertz CT molecular complexity index is 1080. The van der Waals surface area contributed by atoms with Crippen molar-refractivity contribution in [3.05, 3.63) is 65.5 Å².